The number of phenolic OH excluding ortho intramolecular Hbond substituents is 1. The zero-order chi connectivity index (χ0) is 35.2. The molecule has 0 amide bonds. The van der Waals surface area contributed by atoms with Gasteiger partial charge in [-0.3, -0.25) is 14.4 Å². The number of carbonyl (C=O) groups excluding carboxylic acids is 3. The quantitative estimate of drug-likeness (QED) is 0.0957. The lowest BCUT2D eigenvalue weighted by Gasteiger charge is -2.59. The number of ketones is 3. The van der Waals surface area contributed by atoms with Crippen LogP contribution >= 0.6 is 0 Å². The van der Waals surface area contributed by atoms with Crippen LogP contribution in [-0.2, 0) is 22.4 Å². The Hall–Kier alpha value is -3.19. The van der Waals surface area contributed by atoms with Crippen LogP contribution in [0.15, 0.2) is 41.4 Å². The molecule has 0 radical (unpaired) electrons. The highest BCUT2D eigenvalue weighted by atomic mass is 16.3. The summed E-state index contributed by atoms with van der Waals surface area (Å²) in [5.41, 5.74) is -3.20. The molecule has 4 rings (SSSR count). The van der Waals surface area contributed by atoms with Crippen molar-refractivity contribution >= 4 is 17.3 Å². The van der Waals surface area contributed by atoms with Crippen LogP contribution in [0.3, 0.4) is 0 Å². The van der Waals surface area contributed by atoms with Crippen molar-refractivity contribution < 1.29 is 34.8 Å². The molecule has 7 nitrogen and oxygen atoms in total. The normalized spacial score (nSPS) is 28.0. The fourth-order valence-corrected chi connectivity index (χ4v) is 9.27. The van der Waals surface area contributed by atoms with Gasteiger partial charge in [0.1, 0.15) is 22.8 Å². The molecule has 0 spiro atoms. The lowest BCUT2D eigenvalue weighted by Crippen LogP contribution is -2.67. The molecule has 47 heavy (non-hydrogen) atoms. The minimum atomic E-state index is -2.60. The number of fused-ring (bicyclic) bond motifs is 3. The summed E-state index contributed by atoms with van der Waals surface area (Å²) < 4.78 is 0. The Kier molecular flexibility index (Phi) is 10.4. The van der Waals surface area contributed by atoms with Gasteiger partial charge >= 0.3 is 0 Å². The molecule has 0 aliphatic heterocycles. The fraction of sp³-hybridized carbons (Fsp3) is 0.625. The van der Waals surface area contributed by atoms with Crippen LogP contribution in [0.4, 0.5) is 0 Å². The van der Waals surface area contributed by atoms with E-state index in [1.54, 1.807) is 6.92 Å². The van der Waals surface area contributed by atoms with E-state index in [0.29, 0.717) is 24.3 Å². The number of carbonyl (C=O) groups is 3. The zero-order valence-electron chi connectivity index (χ0n) is 29.8. The molecule has 4 N–H and O–H groups in total. The highest BCUT2D eigenvalue weighted by Gasteiger charge is 2.71. The van der Waals surface area contributed by atoms with Crippen molar-refractivity contribution in [3.05, 3.63) is 63.6 Å². The van der Waals surface area contributed by atoms with Crippen molar-refractivity contribution in [3.63, 3.8) is 0 Å². The average molecular weight is 649 g/mol. The summed E-state index contributed by atoms with van der Waals surface area (Å²) in [6.45, 7) is 18.4. The summed E-state index contributed by atoms with van der Waals surface area (Å²) >= 11 is 0. The van der Waals surface area contributed by atoms with Gasteiger partial charge in [-0.05, 0) is 79.9 Å². The highest BCUT2D eigenvalue weighted by Crippen LogP contribution is 2.65. The molecule has 2 unspecified atom stereocenters. The van der Waals surface area contributed by atoms with Crippen LogP contribution in [0.2, 0.25) is 0 Å². The maximum absolute atomic E-state index is 14.6. The monoisotopic (exact) mass is 648 g/mol. The Morgan fingerprint density at radius 2 is 1.66 bits per heavy atom. The number of Topliss-reactive ketones (excluding diaryl/α,β-unsaturated/α-hetero) is 3. The molecular formula is C40H56O7. The molecule has 3 aliphatic carbocycles. The first-order chi connectivity index (χ1) is 21.9. The first-order valence-corrected chi connectivity index (χ1v) is 17.6. The summed E-state index contributed by atoms with van der Waals surface area (Å²) in [5, 5.41) is 47.3. The molecule has 7 heteroatoms. The third-order valence-corrected chi connectivity index (χ3v) is 11.5. The summed E-state index contributed by atoms with van der Waals surface area (Å²) in [4.78, 5) is 41.2. The summed E-state index contributed by atoms with van der Waals surface area (Å²) in [6, 6.07) is 2.03. The number of aliphatic hydroxyl groups is 3. The maximum atomic E-state index is 14.6. The number of aryl methyl sites for hydroxylation is 1. The number of phenols is 1. The molecule has 0 fully saturated rings. The number of allylic oxidation sites excluding steroid dienone is 3. The highest BCUT2D eigenvalue weighted by molar-refractivity contribution is 6.25. The van der Waals surface area contributed by atoms with Crippen molar-refractivity contribution in [2.24, 2.45) is 28.6 Å². The molecule has 258 valence electrons. The van der Waals surface area contributed by atoms with Gasteiger partial charge in [-0.1, -0.05) is 86.3 Å². The molecule has 5 atom stereocenters. The number of hydrogen-bond donors (Lipinski definition) is 4. The van der Waals surface area contributed by atoms with Gasteiger partial charge in [-0.15, -0.1) is 6.58 Å². The van der Waals surface area contributed by atoms with E-state index in [1.165, 1.54) is 12.8 Å². The molecule has 1 aromatic carbocycles. The van der Waals surface area contributed by atoms with E-state index in [9.17, 15) is 34.8 Å². The van der Waals surface area contributed by atoms with Gasteiger partial charge in [-0.2, -0.15) is 0 Å². The summed E-state index contributed by atoms with van der Waals surface area (Å²) in [7, 11) is 0. The molecule has 0 saturated heterocycles. The fourth-order valence-electron chi connectivity index (χ4n) is 9.27. The van der Waals surface area contributed by atoms with Crippen LogP contribution < -0.4 is 0 Å². The number of rotatable bonds is 13. The third kappa shape index (κ3) is 5.91. The van der Waals surface area contributed by atoms with Crippen molar-refractivity contribution in [2.75, 3.05) is 0 Å². The molecule has 0 heterocycles. The van der Waals surface area contributed by atoms with Gasteiger partial charge in [0.2, 0.25) is 5.78 Å². The van der Waals surface area contributed by atoms with Crippen LogP contribution in [0.25, 0.3) is 0 Å². The largest absolute Gasteiger partial charge is 0.511 e. The lowest BCUT2D eigenvalue weighted by molar-refractivity contribution is -0.171. The van der Waals surface area contributed by atoms with E-state index in [4.69, 9.17) is 0 Å². The molecule has 0 aromatic heterocycles. The van der Waals surface area contributed by atoms with E-state index < -0.39 is 51.0 Å². The first-order valence-electron chi connectivity index (χ1n) is 17.6. The number of aromatic hydroxyl groups is 1. The first kappa shape index (κ1) is 36.6. The predicted molar refractivity (Wildman–Crippen MR) is 185 cm³/mol. The van der Waals surface area contributed by atoms with Gasteiger partial charge in [0.15, 0.2) is 17.2 Å². The van der Waals surface area contributed by atoms with Crippen molar-refractivity contribution in [2.45, 2.75) is 131 Å². The number of aliphatic hydroxyl groups excluding tert-OH is 2. The standard InChI is InChI=1S/C40H56O7/c1-10-11-12-13-14-15-16-24(6)17-18-26-19-27(22(2)3)28-20-38(8)21-39(9)31(23(4)5)34(43)29(25(7)41)36(45)40(39,47)37(46)32(38)35(44)30(28)33(26)42/h10,19,22-24,31,42-43,46-47H,1,11-18,20-21H2,2-9H3/t24?,31?,38-,39-,40+/m1/s1. The van der Waals surface area contributed by atoms with Gasteiger partial charge < -0.3 is 20.4 Å². The van der Waals surface area contributed by atoms with E-state index in [1.807, 2.05) is 32.9 Å². The molecule has 0 bridgehead atoms. The molecular weight excluding hydrogens is 592 g/mol. The average Bonchev–Trinajstić information content (AvgIpc) is 2.95. The van der Waals surface area contributed by atoms with Crippen LogP contribution in [-0.4, -0.2) is 43.4 Å². The minimum absolute atomic E-state index is 0.0486. The number of unbranched alkanes of at least 4 members (excludes halogenated alkanes) is 4. The zero-order valence-corrected chi connectivity index (χ0v) is 29.8. The second-order valence-corrected chi connectivity index (χ2v) is 15.9. The summed E-state index contributed by atoms with van der Waals surface area (Å²) in [6.07, 6.45) is 10.6. The van der Waals surface area contributed by atoms with Gasteiger partial charge in [0.25, 0.3) is 0 Å². The number of hydrogen-bond acceptors (Lipinski definition) is 7. The summed E-state index contributed by atoms with van der Waals surface area (Å²) in [5.74, 6) is -4.33. The van der Waals surface area contributed by atoms with Crippen LogP contribution in [0, 0.1) is 28.6 Å². The Balaban J connectivity index is 1.79. The van der Waals surface area contributed by atoms with E-state index in [0.717, 1.165) is 50.2 Å². The second-order valence-electron chi connectivity index (χ2n) is 15.9. The lowest BCUT2D eigenvalue weighted by atomic mass is 9.44. The second kappa shape index (κ2) is 13.4. The van der Waals surface area contributed by atoms with E-state index in [2.05, 4.69) is 27.4 Å². The SMILES string of the molecule is C=CCCCCCCC(C)CCc1cc(C(C)C)c2c(c1O)C(=O)C1=C(O)[C@@]3(O)C(=O)C(C(C)=O)=C(O)C(C(C)C)[C@@]3(C)C[C@@]1(C)C2. The predicted octanol–water partition coefficient (Wildman–Crippen LogP) is 8.57. The Morgan fingerprint density at radius 3 is 2.23 bits per heavy atom. The van der Waals surface area contributed by atoms with Crippen LogP contribution in [0.5, 0.6) is 5.75 Å². The van der Waals surface area contributed by atoms with Crippen LogP contribution in [0.1, 0.15) is 140 Å². The molecule has 1 aromatic rings. The minimum Gasteiger partial charge on any atom is -0.511 e. The smallest absolute Gasteiger partial charge is 0.209 e. The van der Waals surface area contributed by atoms with Gasteiger partial charge in [0.05, 0.1) is 5.56 Å². The Morgan fingerprint density at radius 1 is 1.02 bits per heavy atom. The van der Waals surface area contributed by atoms with E-state index in [-0.39, 0.29) is 40.9 Å². The van der Waals surface area contributed by atoms with Gasteiger partial charge in [0, 0.05) is 22.3 Å². The topological polar surface area (TPSA) is 132 Å². The van der Waals surface area contributed by atoms with Gasteiger partial charge in [-0.25, -0.2) is 0 Å². The Bertz CT molecular complexity index is 1530. The molecule has 0 saturated carbocycles. The van der Waals surface area contributed by atoms with Crippen molar-refractivity contribution in [1.29, 1.82) is 0 Å². The molecule has 3 aliphatic rings. The maximum Gasteiger partial charge on any atom is 0.209 e. The Labute approximate surface area is 280 Å². The van der Waals surface area contributed by atoms with Crippen molar-refractivity contribution in [1.82, 2.24) is 0 Å². The van der Waals surface area contributed by atoms with E-state index >= 15 is 0 Å². The number of benzene rings is 1. The van der Waals surface area contributed by atoms with Crippen molar-refractivity contribution in [3.8, 4) is 5.75 Å². The third-order valence-electron chi connectivity index (χ3n) is 11.5.